The van der Waals surface area contributed by atoms with Crippen molar-refractivity contribution in [1.82, 2.24) is 24.6 Å². The van der Waals surface area contributed by atoms with Crippen LogP contribution in [0.25, 0.3) is 22.3 Å². The van der Waals surface area contributed by atoms with E-state index in [0.717, 1.165) is 59.7 Å². The molecule has 0 atom stereocenters. The Labute approximate surface area is 162 Å². The molecule has 0 saturated heterocycles. The van der Waals surface area contributed by atoms with Gasteiger partial charge >= 0.3 is 0 Å². The summed E-state index contributed by atoms with van der Waals surface area (Å²) in [5, 5.41) is 11.0. The maximum absolute atomic E-state index is 12.6. The Morgan fingerprint density at radius 2 is 2.07 bits per heavy atom. The lowest BCUT2D eigenvalue weighted by atomic mass is 10.1. The zero-order chi connectivity index (χ0) is 18.4. The van der Waals surface area contributed by atoms with Crippen molar-refractivity contribution < 1.29 is 4.79 Å². The Bertz CT molecular complexity index is 985. The van der Waals surface area contributed by atoms with Crippen molar-refractivity contribution in [3.8, 4) is 11.4 Å². The monoisotopic (exact) mass is 381 g/mol. The molecule has 2 saturated carbocycles. The molecule has 0 spiro atoms. The van der Waals surface area contributed by atoms with Crippen LogP contribution < -0.4 is 0 Å². The van der Waals surface area contributed by atoms with Gasteiger partial charge in [0, 0.05) is 41.3 Å². The number of nitrogens with one attached hydrogen (secondary N) is 1. The summed E-state index contributed by atoms with van der Waals surface area (Å²) in [6.07, 6.45) is 6.61. The number of aromatic amines is 1. The molecule has 140 valence electrons. The number of aromatic nitrogens is 4. The molecular weight excluding hydrogens is 358 g/mol. The quantitative estimate of drug-likeness (QED) is 0.631. The fourth-order valence-corrected chi connectivity index (χ4v) is 4.60. The van der Waals surface area contributed by atoms with E-state index in [1.54, 1.807) is 0 Å². The van der Waals surface area contributed by atoms with Gasteiger partial charge in [-0.2, -0.15) is 0 Å². The van der Waals surface area contributed by atoms with Crippen LogP contribution in [0.2, 0.25) is 0 Å². The number of carbonyl (C=O) groups excluding carboxylic acids is 1. The molecule has 2 fully saturated rings. The van der Waals surface area contributed by atoms with E-state index in [9.17, 15) is 4.79 Å². The molecule has 2 aliphatic rings. The summed E-state index contributed by atoms with van der Waals surface area (Å²) >= 11 is 1.52. The summed E-state index contributed by atoms with van der Waals surface area (Å²) in [4.78, 5) is 17.9. The van der Waals surface area contributed by atoms with Crippen LogP contribution in [0, 0.1) is 0 Å². The molecule has 0 bridgehead atoms. The molecule has 5 rings (SSSR count). The second-order valence-electron chi connectivity index (χ2n) is 7.35. The SMILES string of the molecule is CCN(C(=O)CSc1nnc(-c2c[nH]c3ccccc23)n1C1CC1)C1CC1. The van der Waals surface area contributed by atoms with E-state index in [1.165, 1.54) is 11.8 Å². The highest BCUT2D eigenvalue weighted by molar-refractivity contribution is 7.99. The molecule has 0 radical (unpaired) electrons. The number of thioether (sulfide) groups is 1. The highest BCUT2D eigenvalue weighted by atomic mass is 32.2. The van der Waals surface area contributed by atoms with E-state index in [1.807, 2.05) is 23.2 Å². The van der Waals surface area contributed by atoms with Gasteiger partial charge in [-0.25, -0.2) is 0 Å². The van der Waals surface area contributed by atoms with Crippen LogP contribution >= 0.6 is 11.8 Å². The first-order chi connectivity index (χ1) is 13.3. The Morgan fingerprint density at radius 1 is 1.26 bits per heavy atom. The average Bonchev–Trinajstić information content (AvgIpc) is 3.61. The van der Waals surface area contributed by atoms with Crippen LogP contribution in [0.15, 0.2) is 35.6 Å². The highest BCUT2D eigenvalue weighted by Crippen LogP contribution is 2.42. The zero-order valence-electron chi connectivity index (χ0n) is 15.4. The minimum absolute atomic E-state index is 0.212. The molecule has 6 nitrogen and oxygen atoms in total. The molecule has 2 aliphatic carbocycles. The lowest BCUT2D eigenvalue weighted by Crippen LogP contribution is -2.34. The predicted molar refractivity (Wildman–Crippen MR) is 107 cm³/mol. The molecule has 1 amide bonds. The second-order valence-corrected chi connectivity index (χ2v) is 8.30. The summed E-state index contributed by atoms with van der Waals surface area (Å²) < 4.78 is 2.24. The number of hydrogen-bond acceptors (Lipinski definition) is 4. The lowest BCUT2D eigenvalue weighted by molar-refractivity contribution is -0.128. The average molecular weight is 382 g/mol. The predicted octanol–water partition coefficient (Wildman–Crippen LogP) is 3.86. The van der Waals surface area contributed by atoms with E-state index in [2.05, 4.69) is 38.8 Å². The first-order valence-corrected chi connectivity index (χ1v) is 10.7. The van der Waals surface area contributed by atoms with Gasteiger partial charge in [-0.15, -0.1) is 10.2 Å². The van der Waals surface area contributed by atoms with Crippen LogP contribution in [-0.4, -0.2) is 48.9 Å². The standard InChI is InChI=1S/C20H23N5OS/c1-2-24(13-7-8-13)18(26)12-27-20-23-22-19(25(20)14-9-10-14)16-11-21-17-6-4-3-5-15(16)17/h3-6,11,13-14,21H,2,7-10,12H2,1H3. The zero-order valence-corrected chi connectivity index (χ0v) is 16.2. The Balaban J connectivity index is 1.42. The van der Waals surface area contributed by atoms with Crippen LogP contribution in [0.5, 0.6) is 0 Å². The Hall–Kier alpha value is -2.28. The van der Waals surface area contributed by atoms with E-state index in [-0.39, 0.29) is 5.91 Å². The number of para-hydroxylation sites is 1. The topological polar surface area (TPSA) is 66.8 Å². The third-order valence-electron chi connectivity index (χ3n) is 5.38. The third-order valence-corrected chi connectivity index (χ3v) is 6.31. The fourth-order valence-electron chi connectivity index (χ4n) is 3.71. The van der Waals surface area contributed by atoms with Crippen LogP contribution in [0.3, 0.4) is 0 Å². The first kappa shape index (κ1) is 16.9. The maximum atomic E-state index is 12.6. The van der Waals surface area contributed by atoms with Crippen molar-refractivity contribution in [2.24, 2.45) is 0 Å². The van der Waals surface area contributed by atoms with Crippen LogP contribution in [0.1, 0.15) is 38.6 Å². The number of nitrogens with zero attached hydrogens (tertiary/aromatic N) is 4. The van der Waals surface area contributed by atoms with Gasteiger partial charge in [0.1, 0.15) is 0 Å². The number of amides is 1. The molecule has 1 aromatic carbocycles. The van der Waals surface area contributed by atoms with Crippen LogP contribution in [-0.2, 0) is 4.79 Å². The minimum atomic E-state index is 0.212. The van der Waals surface area contributed by atoms with Gasteiger partial charge in [-0.3, -0.25) is 9.36 Å². The van der Waals surface area contributed by atoms with E-state index in [4.69, 9.17) is 0 Å². The van der Waals surface area contributed by atoms with Gasteiger partial charge in [-0.1, -0.05) is 30.0 Å². The van der Waals surface area contributed by atoms with E-state index < -0.39 is 0 Å². The van der Waals surface area contributed by atoms with Gasteiger partial charge < -0.3 is 9.88 Å². The molecule has 3 aromatic rings. The summed E-state index contributed by atoms with van der Waals surface area (Å²) in [7, 11) is 0. The number of rotatable bonds is 7. The molecule has 2 aromatic heterocycles. The smallest absolute Gasteiger partial charge is 0.233 e. The largest absolute Gasteiger partial charge is 0.360 e. The maximum Gasteiger partial charge on any atom is 0.233 e. The molecular formula is C20H23N5OS. The molecule has 27 heavy (non-hydrogen) atoms. The second kappa shape index (κ2) is 6.71. The molecule has 0 unspecified atom stereocenters. The van der Waals surface area contributed by atoms with Crippen molar-refractivity contribution in [3.63, 3.8) is 0 Å². The summed E-state index contributed by atoms with van der Waals surface area (Å²) in [5.74, 6) is 1.55. The van der Waals surface area contributed by atoms with Crippen molar-refractivity contribution in [2.75, 3.05) is 12.3 Å². The van der Waals surface area contributed by atoms with Crippen molar-refractivity contribution in [2.45, 2.75) is 49.8 Å². The molecule has 2 heterocycles. The van der Waals surface area contributed by atoms with Crippen molar-refractivity contribution >= 4 is 28.6 Å². The van der Waals surface area contributed by atoms with Crippen molar-refractivity contribution in [3.05, 3.63) is 30.5 Å². The number of H-pyrrole nitrogens is 1. The van der Waals surface area contributed by atoms with Crippen molar-refractivity contribution in [1.29, 1.82) is 0 Å². The van der Waals surface area contributed by atoms with Gasteiger partial charge in [0.25, 0.3) is 0 Å². The normalized spacial score (nSPS) is 16.8. The van der Waals surface area contributed by atoms with E-state index >= 15 is 0 Å². The Kier molecular flexibility index (Phi) is 4.19. The van der Waals surface area contributed by atoms with E-state index in [0.29, 0.717) is 17.8 Å². The Morgan fingerprint density at radius 3 is 2.81 bits per heavy atom. The van der Waals surface area contributed by atoms with Gasteiger partial charge in [-0.05, 0) is 38.7 Å². The number of carbonyl (C=O) groups is 1. The fraction of sp³-hybridized carbons (Fsp3) is 0.450. The minimum Gasteiger partial charge on any atom is -0.360 e. The number of benzene rings is 1. The van der Waals surface area contributed by atoms with Gasteiger partial charge in [0.05, 0.1) is 5.75 Å². The first-order valence-electron chi connectivity index (χ1n) is 9.70. The summed E-state index contributed by atoms with van der Waals surface area (Å²) in [5.41, 5.74) is 2.18. The molecule has 1 N–H and O–H groups in total. The summed E-state index contributed by atoms with van der Waals surface area (Å²) in [6.45, 7) is 2.85. The number of fused-ring (bicyclic) bond motifs is 1. The molecule has 0 aliphatic heterocycles. The third kappa shape index (κ3) is 3.14. The number of hydrogen-bond donors (Lipinski definition) is 1. The van der Waals surface area contributed by atoms with Gasteiger partial charge in [0.15, 0.2) is 11.0 Å². The van der Waals surface area contributed by atoms with Gasteiger partial charge in [0.2, 0.25) is 5.91 Å². The lowest BCUT2D eigenvalue weighted by Gasteiger charge is -2.19. The highest BCUT2D eigenvalue weighted by Gasteiger charge is 2.33. The summed E-state index contributed by atoms with van der Waals surface area (Å²) in [6, 6.07) is 9.17. The molecule has 7 heteroatoms. The van der Waals surface area contributed by atoms with Crippen LogP contribution in [0.4, 0.5) is 0 Å².